The van der Waals surface area contributed by atoms with Gasteiger partial charge in [-0.15, -0.1) is 0 Å². The molecule has 0 spiro atoms. The summed E-state index contributed by atoms with van der Waals surface area (Å²) in [5, 5.41) is 7.26. The monoisotopic (exact) mass is 411 g/mol. The number of nitrogens with one attached hydrogen (secondary N) is 1. The van der Waals surface area contributed by atoms with Crippen LogP contribution in [0.2, 0.25) is 5.02 Å². The maximum absolute atomic E-state index is 12.5. The Labute approximate surface area is 172 Å². The van der Waals surface area contributed by atoms with Crippen LogP contribution in [0.25, 0.3) is 0 Å². The molecule has 0 aliphatic carbocycles. The summed E-state index contributed by atoms with van der Waals surface area (Å²) in [6, 6.07) is 11.9. The third-order valence-corrected chi connectivity index (χ3v) is 4.98. The molecule has 3 aromatic rings. The van der Waals surface area contributed by atoms with E-state index in [0.29, 0.717) is 40.0 Å². The first-order valence-corrected chi connectivity index (χ1v) is 9.36. The van der Waals surface area contributed by atoms with Gasteiger partial charge >= 0.3 is 0 Å². The molecule has 0 radical (unpaired) electrons. The van der Waals surface area contributed by atoms with Crippen molar-refractivity contribution in [2.75, 3.05) is 16.8 Å². The summed E-state index contributed by atoms with van der Waals surface area (Å²) in [5.41, 5.74) is 3.13. The van der Waals surface area contributed by atoms with Crippen LogP contribution in [-0.2, 0) is 11.3 Å². The molecule has 0 atom stereocenters. The van der Waals surface area contributed by atoms with Gasteiger partial charge in [-0.3, -0.25) is 9.59 Å². The van der Waals surface area contributed by atoms with Crippen LogP contribution >= 0.6 is 11.6 Å². The topological polar surface area (TPSA) is 84.7 Å². The minimum atomic E-state index is -0.298. The molecular formula is C21H18ClN3O4. The molecule has 2 amide bonds. The number of nitrogens with zero attached hydrogens (tertiary/aromatic N) is 2. The second kappa shape index (κ2) is 7.60. The minimum absolute atomic E-state index is 0.0510. The van der Waals surface area contributed by atoms with E-state index in [2.05, 4.69) is 10.5 Å². The molecule has 0 saturated carbocycles. The number of hydrogen-bond acceptors (Lipinski definition) is 5. The number of aryl methyl sites for hydroxylation is 2. The number of ether oxygens (including phenoxy) is 1. The Morgan fingerprint density at radius 3 is 2.79 bits per heavy atom. The van der Waals surface area contributed by atoms with Gasteiger partial charge in [0, 0.05) is 21.8 Å². The normalized spacial score (nSPS) is 13.1. The molecule has 8 heteroatoms. The van der Waals surface area contributed by atoms with Crippen LogP contribution in [-0.4, -0.2) is 23.6 Å². The summed E-state index contributed by atoms with van der Waals surface area (Å²) >= 11 is 5.96. The first-order chi connectivity index (χ1) is 13.9. The van der Waals surface area contributed by atoms with Crippen molar-refractivity contribution in [3.8, 4) is 5.75 Å². The number of halogens is 1. The van der Waals surface area contributed by atoms with Crippen LogP contribution in [0.15, 0.2) is 47.0 Å². The zero-order chi connectivity index (χ0) is 20.5. The first kappa shape index (κ1) is 19.0. The molecule has 0 fully saturated rings. The highest BCUT2D eigenvalue weighted by Crippen LogP contribution is 2.36. The number of hydrogen-bond donors (Lipinski definition) is 1. The van der Waals surface area contributed by atoms with Gasteiger partial charge in [-0.25, -0.2) is 0 Å². The van der Waals surface area contributed by atoms with E-state index in [0.717, 1.165) is 11.3 Å². The van der Waals surface area contributed by atoms with Gasteiger partial charge in [0.05, 0.1) is 17.9 Å². The van der Waals surface area contributed by atoms with E-state index in [1.54, 1.807) is 47.4 Å². The highest BCUT2D eigenvalue weighted by atomic mass is 35.5. The number of carbonyl (C=O) groups excluding carboxylic acids is 2. The molecule has 0 unspecified atom stereocenters. The molecular weight excluding hydrogens is 394 g/mol. The molecule has 0 bridgehead atoms. The molecule has 1 aliphatic heterocycles. The van der Waals surface area contributed by atoms with Gasteiger partial charge in [0.15, 0.2) is 6.61 Å². The largest absolute Gasteiger partial charge is 0.482 e. The highest BCUT2D eigenvalue weighted by Gasteiger charge is 2.28. The lowest BCUT2D eigenvalue weighted by molar-refractivity contribution is -0.121. The standard InChI is InChI=1S/C21H18ClN3O4/c1-12-17(13(2)29-24-12)10-25-18-9-16(6-7-19(18)28-11-20(25)26)23-21(27)14-4-3-5-15(22)8-14/h3-9H,10-11H2,1-2H3,(H,23,27). The van der Waals surface area contributed by atoms with Crippen molar-refractivity contribution in [2.24, 2.45) is 0 Å². The summed E-state index contributed by atoms with van der Waals surface area (Å²) in [5.74, 6) is 0.745. The number of carbonyl (C=O) groups is 2. The van der Waals surface area contributed by atoms with Gasteiger partial charge in [-0.2, -0.15) is 0 Å². The Morgan fingerprint density at radius 2 is 2.07 bits per heavy atom. The molecule has 0 saturated heterocycles. The maximum atomic E-state index is 12.5. The molecule has 1 aromatic heterocycles. The van der Waals surface area contributed by atoms with Crippen molar-refractivity contribution >= 4 is 34.8 Å². The van der Waals surface area contributed by atoms with E-state index in [-0.39, 0.29) is 18.4 Å². The SMILES string of the molecule is Cc1noc(C)c1CN1C(=O)COc2ccc(NC(=O)c3cccc(Cl)c3)cc21. The number of fused-ring (bicyclic) bond motifs is 1. The smallest absolute Gasteiger partial charge is 0.265 e. The fraction of sp³-hybridized carbons (Fsp3) is 0.190. The van der Waals surface area contributed by atoms with E-state index in [4.69, 9.17) is 20.9 Å². The van der Waals surface area contributed by atoms with Crippen LogP contribution in [0.5, 0.6) is 5.75 Å². The fourth-order valence-corrected chi connectivity index (χ4v) is 3.36. The zero-order valence-corrected chi connectivity index (χ0v) is 16.6. The molecule has 2 heterocycles. The number of aromatic nitrogens is 1. The summed E-state index contributed by atoms with van der Waals surface area (Å²) < 4.78 is 10.8. The first-order valence-electron chi connectivity index (χ1n) is 8.98. The third kappa shape index (κ3) is 3.82. The zero-order valence-electron chi connectivity index (χ0n) is 15.9. The van der Waals surface area contributed by atoms with Crippen molar-refractivity contribution in [3.05, 3.63) is 70.1 Å². The van der Waals surface area contributed by atoms with Gasteiger partial charge in [-0.05, 0) is 50.2 Å². The average Bonchev–Trinajstić information content (AvgIpc) is 3.02. The summed E-state index contributed by atoms with van der Waals surface area (Å²) in [4.78, 5) is 26.7. The second-order valence-electron chi connectivity index (χ2n) is 6.72. The molecule has 1 N–H and O–H groups in total. The molecule has 1 aliphatic rings. The Kier molecular flexibility index (Phi) is 4.98. The molecule has 148 valence electrons. The highest BCUT2D eigenvalue weighted by molar-refractivity contribution is 6.31. The number of benzene rings is 2. The third-order valence-electron chi connectivity index (χ3n) is 4.74. The van der Waals surface area contributed by atoms with Gasteiger partial charge in [-0.1, -0.05) is 22.8 Å². The van der Waals surface area contributed by atoms with Crippen LogP contribution in [0.3, 0.4) is 0 Å². The average molecular weight is 412 g/mol. The predicted molar refractivity (Wildman–Crippen MR) is 109 cm³/mol. The summed E-state index contributed by atoms with van der Waals surface area (Å²) in [6.45, 7) is 3.90. The van der Waals surface area contributed by atoms with Crippen molar-refractivity contribution in [2.45, 2.75) is 20.4 Å². The molecule has 7 nitrogen and oxygen atoms in total. The van der Waals surface area contributed by atoms with E-state index >= 15 is 0 Å². The molecule has 4 rings (SSSR count). The Hall–Kier alpha value is -3.32. The van der Waals surface area contributed by atoms with Gasteiger partial charge < -0.3 is 19.5 Å². The quantitative estimate of drug-likeness (QED) is 0.698. The number of anilines is 2. The molecule has 29 heavy (non-hydrogen) atoms. The van der Waals surface area contributed by atoms with Crippen molar-refractivity contribution < 1.29 is 18.8 Å². The van der Waals surface area contributed by atoms with Crippen LogP contribution < -0.4 is 15.0 Å². The number of rotatable bonds is 4. The van der Waals surface area contributed by atoms with Crippen molar-refractivity contribution in [3.63, 3.8) is 0 Å². The lowest BCUT2D eigenvalue weighted by Crippen LogP contribution is -2.38. The van der Waals surface area contributed by atoms with Gasteiger partial charge in [0.25, 0.3) is 11.8 Å². The van der Waals surface area contributed by atoms with Gasteiger partial charge in [0.1, 0.15) is 11.5 Å². The second-order valence-corrected chi connectivity index (χ2v) is 7.15. The van der Waals surface area contributed by atoms with E-state index in [9.17, 15) is 9.59 Å². The van der Waals surface area contributed by atoms with E-state index in [1.165, 1.54) is 0 Å². The van der Waals surface area contributed by atoms with Crippen LogP contribution in [0, 0.1) is 13.8 Å². The van der Waals surface area contributed by atoms with Gasteiger partial charge in [0.2, 0.25) is 0 Å². The van der Waals surface area contributed by atoms with E-state index < -0.39 is 0 Å². The predicted octanol–water partition coefficient (Wildman–Crippen LogP) is 4.12. The summed E-state index contributed by atoms with van der Waals surface area (Å²) in [7, 11) is 0. The van der Waals surface area contributed by atoms with E-state index in [1.807, 2.05) is 13.8 Å². The van der Waals surface area contributed by atoms with Crippen LogP contribution in [0.4, 0.5) is 11.4 Å². The number of amides is 2. The maximum Gasteiger partial charge on any atom is 0.265 e. The molecule has 2 aromatic carbocycles. The minimum Gasteiger partial charge on any atom is -0.482 e. The summed E-state index contributed by atoms with van der Waals surface area (Å²) in [6.07, 6.45) is 0. The lowest BCUT2D eigenvalue weighted by atomic mass is 10.1. The Bertz CT molecular complexity index is 1090. The Morgan fingerprint density at radius 1 is 1.24 bits per heavy atom. The van der Waals surface area contributed by atoms with Crippen LogP contribution in [0.1, 0.15) is 27.4 Å². The van der Waals surface area contributed by atoms with Crippen molar-refractivity contribution in [1.82, 2.24) is 5.16 Å². The fourth-order valence-electron chi connectivity index (χ4n) is 3.17. The lowest BCUT2D eigenvalue weighted by Gasteiger charge is -2.29. The van der Waals surface area contributed by atoms with Crippen molar-refractivity contribution in [1.29, 1.82) is 0 Å². The Balaban J connectivity index is 1.63.